The van der Waals surface area contributed by atoms with Crippen molar-refractivity contribution < 1.29 is 9.53 Å². The molecule has 1 heterocycles. The first kappa shape index (κ1) is 17.3. The van der Waals surface area contributed by atoms with Crippen LogP contribution in [0.5, 0.6) is 0 Å². The van der Waals surface area contributed by atoms with Crippen LogP contribution in [0.2, 0.25) is 0 Å². The van der Waals surface area contributed by atoms with Crippen molar-refractivity contribution in [2.24, 2.45) is 12.5 Å². The van der Waals surface area contributed by atoms with Gasteiger partial charge in [0.15, 0.2) is 0 Å². The predicted molar refractivity (Wildman–Crippen MR) is 92.0 cm³/mol. The first-order valence-corrected chi connectivity index (χ1v) is 8.15. The van der Waals surface area contributed by atoms with Crippen LogP contribution in [0.15, 0.2) is 36.4 Å². The molecule has 0 atom stereocenters. The lowest BCUT2D eigenvalue weighted by molar-refractivity contribution is -0.145. The molecule has 4 nitrogen and oxygen atoms in total. The van der Waals surface area contributed by atoms with Crippen molar-refractivity contribution in [3.8, 4) is 11.3 Å². The van der Waals surface area contributed by atoms with Crippen molar-refractivity contribution in [3.63, 3.8) is 0 Å². The fourth-order valence-electron chi connectivity index (χ4n) is 2.65. The van der Waals surface area contributed by atoms with Gasteiger partial charge in [0.25, 0.3) is 0 Å². The quantitative estimate of drug-likeness (QED) is 0.726. The van der Waals surface area contributed by atoms with Crippen molar-refractivity contribution in [3.05, 3.63) is 42.1 Å². The highest BCUT2D eigenvalue weighted by atomic mass is 16.5. The van der Waals surface area contributed by atoms with Crippen molar-refractivity contribution in [2.45, 2.75) is 40.0 Å². The molecule has 0 radical (unpaired) electrons. The molecule has 0 unspecified atom stereocenters. The average molecular weight is 314 g/mol. The van der Waals surface area contributed by atoms with E-state index < -0.39 is 0 Å². The van der Waals surface area contributed by atoms with Crippen LogP contribution in [-0.4, -0.2) is 22.4 Å². The molecule has 4 heteroatoms. The normalized spacial score (nSPS) is 11.5. The number of aromatic nitrogens is 2. The average Bonchev–Trinajstić information content (AvgIpc) is 2.87. The molecular weight excluding hydrogens is 288 g/mol. The first-order chi connectivity index (χ1) is 10.9. The zero-order chi connectivity index (χ0) is 16.9. The molecule has 23 heavy (non-hydrogen) atoms. The summed E-state index contributed by atoms with van der Waals surface area (Å²) in [6, 6.07) is 12.3. The number of hydrogen-bond acceptors (Lipinski definition) is 3. The summed E-state index contributed by atoms with van der Waals surface area (Å²) in [6.45, 7) is 6.50. The van der Waals surface area contributed by atoms with E-state index >= 15 is 0 Å². The first-order valence-electron chi connectivity index (χ1n) is 8.15. The maximum Gasteiger partial charge on any atom is 0.306 e. The molecule has 0 fully saturated rings. The standard InChI is InChI=1S/C19H26N2O2/c1-5-23-18(22)14-19(2,3)12-11-16-13-17(20-21(16)4)15-9-7-6-8-10-15/h6-10,13H,5,11-12,14H2,1-4H3. The largest absolute Gasteiger partial charge is 0.466 e. The zero-order valence-electron chi connectivity index (χ0n) is 14.5. The van der Waals surface area contributed by atoms with Gasteiger partial charge in [-0.15, -0.1) is 0 Å². The third-order valence-electron chi connectivity index (χ3n) is 4.03. The van der Waals surface area contributed by atoms with Crippen LogP contribution in [0.3, 0.4) is 0 Å². The SMILES string of the molecule is CCOC(=O)CC(C)(C)CCc1cc(-c2ccccc2)nn1C. The van der Waals surface area contributed by atoms with E-state index in [-0.39, 0.29) is 11.4 Å². The number of benzene rings is 1. The third kappa shape index (κ3) is 4.95. The second kappa shape index (κ2) is 7.44. The molecule has 0 spiro atoms. The monoisotopic (exact) mass is 314 g/mol. The lowest BCUT2D eigenvalue weighted by atomic mass is 9.84. The van der Waals surface area contributed by atoms with Crippen LogP contribution in [0.1, 0.15) is 39.3 Å². The number of rotatable bonds is 7. The van der Waals surface area contributed by atoms with E-state index in [2.05, 4.69) is 37.1 Å². The minimum absolute atomic E-state index is 0.0799. The van der Waals surface area contributed by atoms with E-state index in [4.69, 9.17) is 4.74 Å². The third-order valence-corrected chi connectivity index (χ3v) is 4.03. The molecule has 0 bridgehead atoms. The second-order valence-electron chi connectivity index (χ2n) is 6.66. The van der Waals surface area contributed by atoms with Crippen LogP contribution < -0.4 is 0 Å². The Morgan fingerprint density at radius 3 is 2.61 bits per heavy atom. The summed E-state index contributed by atoms with van der Waals surface area (Å²) < 4.78 is 6.99. The Morgan fingerprint density at radius 2 is 1.96 bits per heavy atom. The van der Waals surface area contributed by atoms with Crippen molar-refractivity contribution in [1.29, 1.82) is 0 Å². The summed E-state index contributed by atoms with van der Waals surface area (Å²) in [5, 5.41) is 4.60. The summed E-state index contributed by atoms with van der Waals surface area (Å²) in [4.78, 5) is 11.7. The van der Waals surface area contributed by atoms with Crippen molar-refractivity contribution in [2.75, 3.05) is 6.61 Å². The Morgan fingerprint density at radius 1 is 1.26 bits per heavy atom. The lowest BCUT2D eigenvalue weighted by Gasteiger charge is -2.23. The number of hydrogen-bond donors (Lipinski definition) is 0. The Hall–Kier alpha value is -2.10. The Balaban J connectivity index is 2.01. The van der Waals surface area contributed by atoms with Gasteiger partial charge in [0.05, 0.1) is 18.7 Å². The molecular formula is C19H26N2O2. The van der Waals surface area contributed by atoms with Crippen LogP contribution in [0, 0.1) is 5.41 Å². The number of esters is 1. The van der Waals surface area contributed by atoms with E-state index in [0.29, 0.717) is 13.0 Å². The van der Waals surface area contributed by atoms with Gasteiger partial charge >= 0.3 is 5.97 Å². The number of carbonyl (C=O) groups excluding carboxylic acids is 1. The van der Waals surface area contributed by atoms with Gasteiger partial charge in [-0.05, 0) is 31.2 Å². The second-order valence-corrected chi connectivity index (χ2v) is 6.66. The van der Waals surface area contributed by atoms with Crippen LogP contribution in [0.4, 0.5) is 0 Å². The molecule has 124 valence electrons. The molecule has 2 aromatic rings. The fourth-order valence-corrected chi connectivity index (χ4v) is 2.65. The number of ether oxygens (including phenoxy) is 1. The molecule has 0 aliphatic rings. The Kier molecular flexibility index (Phi) is 5.59. The molecule has 1 aromatic heterocycles. The Labute approximate surface area is 138 Å². The number of nitrogens with zero attached hydrogens (tertiary/aromatic N) is 2. The van der Waals surface area contributed by atoms with Gasteiger partial charge in [-0.1, -0.05) is 44.2 Å². The molecule has 0 saturated carbocycles. The van der Waals surface area contributed by atoms with Gasteiger partial charge in [0.2, 0.25) is 0 Å². The van der Waals surface area contributed by atoms with Crippen LogP contribution in [0.25, 0.3) is 11.3 Å². The van der Waals surface area contributed by atoms with E-state index in [1.54, 1.807) is 0 Å². The zero-order valence-corrected chi connectivity index (χ0v) is 14.5. The van der Waals surface area contributed by atoms with Gasteiger partial charge in [0.1, 0.15) is 0 Å². The van der Waals surface area contributed by atoms with Gasteiger partial charge in [0, 0.05) is 18.3 Å². The Bertz CT molecular complexity index is 645. The number of carbonyl (C=O) groups is 1. The highest BCUT2D eigenvalue weighted by Crippen LogP contribution is 2.28. The summed E-state index contributed by atoms with van der Waals surface area (Å²) in [5.41, 5.74) is 3.22. The molecule has 0 N–H and O–H groups in total. The van der Waals surface area contributed by atoms with Crippen LogP contribution in [-0.2, 0) is 23.0 Å². The van der Waals surface area contributed by atoms with Crippen molar-refractivity contribution in [1.82, 2.24) is 9.78 Å². The van der Waals surface area contributed by atoms with E-state index in [9.17, 15) is 4.79 Å². The molecule has 0 saturated heterocycles. The van der Waals surface area contributed by atoms with Crippen molar-refractivity contribution >= 4 is 5.97 Å². The molecule has 1 aromatic carbocycles. The van der Waals surface area contributed by atoms with E-state index in [1.807, 2.05) is 36.9 Å². The summed E-state index contributed by atoms with van der Waals surface area (Å²) in [7, 11) is 1.97. The van der Waals surface area contributed by atoms with E-state index in [0.717, 1.165) is 24.1 Å². The molecule has 0 amide bonds. The van der Waals surface area contributed by atoms with E-state index in [1.165, 1.54) is 5.69 Å². The molecule has 0 aliphatic heterocycles. The molecule has 0 aliphatic carbocycles. The van der Waals surface area contributed by atoms with Gasteiger partial charge in [-0.25, -0.2) is 0 Å². The summed E-state index contributed by atoms with van der Waals surface area (Å²) in [6.07, 6.45) is 2.26. The topological polar surface area (TPSA) is 44.1 Å². The van der Waals surface area contributed by atoms with Crippen LogP contribution >= 0.6 is 0 Å². The smallest absolute Gasteiger partial charge is 0.306 e. The minimum Gasteiger partial charge on any atom is -0.466 e. The van der Waals surface area contributed by atoms with Gasteiger partial charge < -0.3 is 4.74 Å². The summed E-state index contributed by atoms with van der Waals surface area (Å²) >= 11 is 0. The minimum atomic E-state index is -0.118. The fraction of sp³-hybridized carbons (Fsp3) is 0.474. The van der Waals surface area contributed by atoms with Gasteiger partial charge in [-0.3, -0.25) is 9.48 Å². The highest BCUT2D eigenvalue weighted by molar-refractivity contribution is 5.70. The molecule has 2 rings (SSSR count). The van der Waals surface area contributed by atoms with Gasteiger partial charge in [-0.2, -0.15) is 5.10 Å². The predicted octanol–water partition coefficient (Wildman–Crippen LogP) is 4.00. The number of aryl methyl sites for hydroxylation is 2. The maximum absolute atomic E-state index is 11.7. The highest BCUT2D eigenvalue weighted by Gasteiger charge is 2.23. The lowest BCUT2D eigenvalue weighted by Crippen LogP contribution is -2.20. The maximum atomic E-state index is 11.7. The summed E-state index contributed by atoms with van der Waals surface area (Å²) in [5.74, 6) is -0.118.